The van der Waals surface area contributed by atoms with Crippen LogP contribution in [0.25, 0.3) is 0 Å². The Morgan fingerprint density at radius 3 is 2.62 bits per heavy atom. The molecule has 0 spiro atoms. The molecule has 1 saturated carbocycles. The molecule has 1 nitrogen and oxygen atoms in total. The molecule has 1 aromatic rings. The largest absolute Gasteiger partial charge is 0.385 e. The molecule has 0 aliphatic heterocycles. The van der Waals surface area contributed by atoms with Crippen LogP contribution in [0.5, 0.6) is 0 Å². The van der Waals surface area contributed by atoms with E-state index in [2.05, 4.69) is 15.9 Å². The number of aryl methyl sites for hydroxylation is 1. The van der Waals surface area contributed by atoms with Crippen molar-refractivity contribution in [3.63, 3.8) is 0 Å². The van der Waals surface area contributed by atoms with Gasteiger partial charge in [-0.1, -0.05) is 6.07 Å². The van der Waals surface area contributed by atoms with Gasteiger partial charge in [-0.05, 0) is 47.3 Å². The molecule has 1 fully saturated rings. The molecular formula is C10H10BrFO. The minimum atomic E-state index is -0.890. The molecule has 2 rings (SSSR count). The molecule has 0 atom stereocenters. The second-order valence-corrected chi connectivity index (χ2v) is 4.49. The molecule has 0 aromatic heterocycles. The Bertz CT molecular complexity index is 358. The van der Waals surface area contributed by atoms with Crippen molar-refractivity contribution >= 4 is 15.9 Å². The summed E-state index contributed by atoms with van der Waals surface area (Å²) in [4.78, 5) is 0. The van der Waals surface area contributed by atoms with E-state index in [1.807, 2.05) is 6.92 Å². The molecule has 1 aromatic carbocycles. The van der Waals surface area contributed by atoms with Crippen LogP contribution in [-0.2, 0) is 5.60 Å². The molecule has 0 bridgehead atoms. The number of halogens is 2. The predicted octanol–water partition coefficient (Wildman–Crippen LogP) is 2.88. The van der Waals surface area contributed by atoms with E-state index >= 15 is 0 Å². The summed E-state index contributed by atoms with van der Waals surface area (Å²) < 4.78 is 13.9. The van der Waals surface area contributed by atoms with Crippen molar-refractivity contribution in [3.8, 4) is 0 Å². The first-order valence-electron chi connectivity index (χ1n) is 4.21. The van der Waals surface area contributed by atoms with Gasteiger partial charge in [-0.25, -0.2) is 4.39 Å². The van der Waals surface area contributed by atoms with E-state index in [1.54, 1.807) is 12.1 Å². The minimum absolute atomic E-state index is 0.328. The van der Waals surface area contributed by atoms with Crippen molar-refractivity contribution in [1.29, 1.82) is 0 Å². The van der Waals surface area contributed by atoms with E-state index in [0.29, 0.717) is 22.9 Å². The third-order valence-corrected chi connectivity index (χ3v) is 2.97. The highest BCUT2D eigenvalue weighted by atomic mass is 79.9. The maximum atomic E-state index is 13.5. The van der Waals surface area contributed by atoms with Gasteiger partial charge in [-0.15, -0.1) is 0 Å². The molecule has 0 heterocycles. The van der Waals surface area contributed by atoms with Gasteiger partial charge < -0.3 is 5.11 Å². The van der Waals surface area contributed by atoms with Crippen molar-refractivity contribution < 1.29 is 9.50 Å². The van der Waals surface area contributed by atoms with Gasteiger partial charge >= 0.3 is 0 Å². The fraction of sp³-hybridized carbons (Fsp3) is 0.400. The van der Waals surface area contributed by atoms with Crippen molar-refractivity contribution in [1.82, 2.24) is 0 Å². The number of hydrogen-bond acceptors (Lipinski definition) is 1. The standard InChI is InChI=1S/C10H10BrFO/c1-6-4-7(10(13)2-3-10)9(12)8(11)5-6/h4-5,13H,2-3H2,1H3. The molecular weight excluding hydrogens is 235 g/mol. The minimum Gasteiger partial charge on any atom is -0.385 e. The lowest BCUT2D eigenvalue weighted by molar-refractivity contribution is 0.146. The van der Waals surface area contributed by atoms with Gasteiger partial charge in [0.25, 0.3) is 0 Å². The molecule has 1 N–H and O–H groups in total. The number of benzene rings is 1. The van der Waals surface area contributed by atoms with Gasteiger partial charge in [0.15, 0.2) is 0 Å². The third kappa shape index (κ3) is 1.51. The molecule has 70 valence electrons. The molecule has 0 saturated heterocycles. The Kier molecular flexibility index (Phi) is 1.96. The predicted molar refractivity (Wildman–Crippen MR) is 52.0 cm³/mol. The molecule has 1 aliphatic rings. The summed E-state index contributed by atoms with van der Waals surface area (Å²) in [6.45, 7) is 1.89. The Hall–Kier alpha value is -0.410. The van der Waals surface area contributed by atoms with Crippen LogP contribution in [0.4, 0.5) is 4.39 Å². The summed E-state index contributed by atoms with van der Waals surface area (Å²) in [5.74, 6) is -0.328. The van der Waals surface area contributed by atoms with Gasteiger partial charge in [-0.2, -0.15) is 0 Å². The van der Waals surface area contributed by atoms with Crippen molar-refractivity contribution in [2.45, 2.75) is 25.4 Å². The van der Waals surface area contributed by atoms with E-state index in [1.165, 1.54) is 0 Å². The Labute approximate surface area is 84.7 Å². The first-order chi connectivity index (χ1) is 6.03. The van der Waals surface area contributed by atoms with E-state index < -0.39 is 5.60 Å². The van der Waals surface area contributed by atoms with E-state index in [4.69, 9.17) is 0 Å². The normalized spacial score (nSPS) is 18.8. The van der Waals surface area contributed by atoms with Crippen molar-refractivity contribution in [2.75, 3.05) is 0 Å². The van der Waals surface area contributed by atoms with E-state index in [-0.39, 0.29) is 5.82 Å². The summed E-state index contributed by atoms with van der Waals surface area (Å²) in [6, 6.07) is 3.43. The SMILES string of the molecule is Cc1cc(Br)c(F)c(C2(O)CC2)c1. The van der Waals surface area contributed by atoms with Gasteiger partial charge in [0.2, 0.25) is 0 Å². The van der Waals surface area contributed by atoms with Gasteiger partial charge in [0.05, 0.1) is 10.1 Å². The summed E-state index contributed by atoms with van der Waals surface area (Å²) in [7, 11) is 0. The highest BCUT2D eigenvalue weighted by molar-refractivity contribution is 9.10. The Morgan fingerprint density at radius 2 is 2.08 bits per heavy atom. The number of rotatable bonds is 1. The lowest BCUT2D eigenvalue weighted by atomic mass is 10.0. The molecule has 0 unspecified atom stereocenters. The van der Waals surface area contributed by atoms with Crippen LogP contribution in [-0.4, -0.2) is 5.11 Å². The van der Waals surface area contributed by atoms with Crippen LogP contribution in [0.15, 0.2) is 16.6 Å². The zero-order chi connectivity index (χ0) is 9.64. The average Bonchev–Trinajstić information content (AvgIpc) is 2.77. The highest BCUT2D eigenvalue weighted by Crippen LogP contribution is 2.47. The van der Waals surface area contributed by atoms with Crippen molar-refractivity contribution in [3.05, 3.63) is 33.5 Å². The molecule has 0 amide bonds. The second-order valence-electron chi connectivity index (χ2n) is 3.64. The molecule has 0 radical (unpaired) electrons. The highest BCUT2D eigenvalue weighted by Gasteiger charge is 2.44. The Morgan fingerprint density at radius 1 is 1.46 bits per heavy atom. The molecule has 13 heavy (non-hydrogen) atoms. The first kappa shape index (κ1) is 9.16. The van der Waals surface area contributed by atoms with Gasteiger partial charge in [0.1, 0.15) is 5.82 Å². The maximum absolute atomic E-state index is 13.5. The second kappa shape index (κ2) is 2.79. The van der Waals surface area contributed by atoms with E-state index in [0.717, 1.165) is 5.56 Å². The van der Waals surface area contributed by atoms with Gasteiger partial charge in [-0.3, -0.25) is 0 Å². The molecule has 3 heteroatoms. The zero-order valence-corrected chi connectivity index (χ0v) is 8.86. The quantitative estimate of drug-likeness (QED) is 0.806. The van der Waals surface area contributed by atoms with Crippen LogP contribution in [0, 0.1) is 12.7 Å². The lowest BCUT2D eigenvalue weighted by Crippen LogP contribution is -2.08. The maximum Gasteiger partial charge on any atom is 0.143 e. The summed E-state index contributed by atoms with van der Waals surface area (Å²) in [5.41, 5.74) is 0.501. The third-order valence-electron chi connectivity index (χ3n) is 2.40. The lowest BCUT2D eigenvalue weighted by Gasteiger charge is -2.11. The number of hydrogen-bond donors (Lipinski definition) is 1. The fourth-order valence-electron chi connectivity index (χ4n) is 1.45. The number of aliphatic hydroxyl groups is 1. The van der Waals surface area contributed by atoms with Crippen molar-refractivity contribution in [2.24, 2.45) is 0 Å². The molecule has 1 aliphatic carbocycles. The van der Waals surface area contributed by atoms with E-state index in [9.17, 15) is 9.50 Å². The van der Waals surface area contributed by atoms with Crippen LogP contribution in [0.1, 0.15) is 24.0 Å². The summed E-state index contributed by atoms with van der Waals surface area (Å²) in [5, 5.41) is 9.77. The van der Waals surface area contributed by atoms with Crippen LogP contribution >= 0.6 is 15.9 Å². The Balaban J connectivity index is 2.56. The summed E-state index contributed by atoms with van der Waals surface area (Å²) >= 11 is 3.13. The fourth-order valence-corrected chi connectivity index (χ4v) is 2.03. The zero-order valence-electron chi connectivity index (χ0n) is 7.27. The van der Waals surface area contributed by atoms with Crippen LogP contribution in [0.3, 0.4) is 0 Å². The average molecular weight is 245 g/mol. The van der Waals surface area contributed by atoms with Gasteiger partial charge in [0, 0.05) is 5.56 Å². The monoisotopic (exact) mass is 244 g/mol. The van der Waals surface area contributed by atoms with Crippen LogP contribution in [0.2, 0.25) is 0 Å². The summed E-state index contributed by atoms with van der Waals surface area (Å²) in [6.07, 6.45) is 1.33. The topological polar surface area (TPSA) is 20.2 Å². The van der Waals surface area contributed by atoms with Crippen LogP contribution < -0.4 is 0 Å². The smallest absolute Gasteiger partial charge is 0.143 e. The first-order valence-corrected chi connectivity index (χ1v) is 5.01.